The van der Waals surface area contributed by atoms with Crippen LogP contribution in [0.3, 0.4) is 0 Å². The molecule has 0 radical (unpaired) electrons. The van der Waals surface area contributed by atoms with Crippen LogP contribution in [0.2, 0.25) is 0 Å². The van der Waals surface area contributed by atoms with Crippen LogP contribution in [0.4, 0.5) is 36.3 Å². The molecule has 3 aromatic heterocycles. The van der Waals surface area contributed by atoms with Crippen molar-refractivity contribution in [3.05, 3.63) is 89.5 Å². The molecule has 1 aliphatic heterocycles. The van der Waals surface area contributed by atoms with E-state index in [1.165, 1.54) is 23.5 Å². The van der Waals surface area contributed by atoms with Gasteiger partial charge in [0.05, 0.1) is 38.8 Å². The third-order valence-corrected chi connectivity index (χ3v) is 10.4. The number of nitrogens with two attached hydrogens (primary N) is 1. The third kappa shape index (κ3) is 7.06. The molecule has 47 heavy (non-hydrogen) atoms. The Bertz CT molecular complexity index is 2000. The second kappa shape index (κ2) is 13.3. The number of hydrogen-bond acceptors (Lipinski definition) is 10. The number of benzene rings is 2. The van der Waals surface area contributed by atoms with Gasteiger partial charge in [0.2, 0.25) is 5.95 Å². The molecule has 1 saturated heterocycles. The van der Waals surface area contributed by atoms with Crippen molar-refractivity contribution < 1.29 is 21.6 Å². The fourth-order valence-corrected chi connectivity index (χ4v) is 7.35. The van der Waals surface area contributed by atoms with Crippen LogP contribution in [-0.2, 0) is 10.0 Å². The lowest BCUT2D eigenvalue weighted by atomic mass is 10.1. The lowest BCUT2D eigenvalue weighted by molar-refractivity contribution is 0.498. The SMILES string of the molecule is CC(C)c1nc(-c2ccc(F)c(NS(=O)(=O)c3c(F)cccc3F)c2)c(-c2ccnc(Nc3ccc(N4CCC(N)CC4)nc3)n2)s1. The lowest BCUT2D eigenvalue weighted by Gasteiger charge is -2.31. The molecule has 244 valence electrons. The highest BCUT2D eigenvalue weighted by molar-refractivity contribution is 7.92. The largest absolute Gasteiger partial charge is 0.357 e. The minimum absolute atomic E-state index is 0.0367. The minimum atomic E-state index is -4.81. The number of rotatable bonds is 9. The van der Waals surface area contributed by atoms with E-state index in [1.54, 1.807) is 18.5 Å². The number of halogens is 3. The topological polar surface area (TPSA) is 139 Å². The number of nitrogens with one attached hydrogen (secondary N) is 2. The van der Waals surface area contributed by atoms with Crippen LogP contribution in [-0.4, -0.2) is 47.5 Å². The predicted molar refractivity (Wildman–Crippen MR) is 177 cm³/mol. The molecule has 0 bridgehead atoms. The highest BCUT2D eigenvalue weighted by Gasteiger charge is 2.26. The first-order chi connectivity index (χ1) is 22.5. The molecule has 10 nitrogen and oxygen atoms in total. The van der Waals surface area contributed by atoms with E-state index in [0.29, 0.717) is 33.5 Å². The quantitative estimate of drug-likeness (QED) is 0.156. The van der Waals surface area contributed by atoms with Crippen molar-refractivity contribution in [1.29, 1.82) is 0 Å². The van der Waals surface area contributed by atoms with Crippen molar-refractivity contribution >= 4 is 44.5 Å². The summed E-state index contributed by atoms with van der Waals surface area (Å²) in [6, 6.07) is 12.2. The van der Waals surface area contributed by atoms with Crippen molar-refractivity contribution in [2.75, 3.05) is 28.0 Å². The summed E-state index contributed by atoms with van der Waals surface area (Å²) >= 11 is 1.38. The van der Waals surface area contributed by atoms with Crippen LogP contribution in [0.5, 0.6) is 0 Å². The number of thiazole rings is 1. The Hall–Kier alpha value is -4.60. The number of hydrogen-bond donors (Lipinski definition) is 3. The molecule has 1 aliphatic rings. The summed E-state index contributed by atoms with van der Waals surface area (Å²) in [6.07, 6.45) is 5.14. The summed E-state index contributed by atoms with van der Waals surface area (Å²) in [4.78, 5) is 20.1. The van der Waals surface area contributed by atoms with Crippen LogP contribution in [0, 0.1) is 17.5 Å². The molecule has 0 aliphatic carbocycles. The normalized spacial score (nSPS) is 14.1. The zero-order chi connectivity index (χ0) is 33.3. The molecule has 4 heterocycles. The number of pyridine rings is 1. The molecule has 0 saturated carbocycles. The molecule has 0 amide bonds. The zero-order valence-corrected chi connectivity index (χ0v) is 27.0. The number of anilines is 4. The van der Waals surface area contributed by atoms with E-state index in [0.717, 1.165) is 61.0 Å². The maximum Gasteiger partial charge on any atom is 0.267 e. The molecule has 0 atom stereocenters. The van der Waals surface area contributed by atoms with E-state index in [9.17, 15) is 21.6 Å². The van der Waals surface area contributed by atoms with E-state index in [-0.39, 0.29) is 12.0 Å². The van der Waals surface area contributed by atoms with Gasteiger partial charge in [-0.1, -0.05) is 19.9 Å². The summed E-state index contributed by atoms with van der Waals surface area (Å²) in [5, 5.41) is 3.95. The van der Waals surface area contributed by atoms with Gasteiger partial charge >= 0.3 is 0 Å². The standard InChI is InChI=1S/C32H31F3N8O2S2/c1-18(2)31-41-28(19-6-8-22(33)26(16-19)42-47(44,45)30-23(34)4-3-5-24(30)35)29(46-31)25-10-13-37-32(40-25)39-21-7-9-27(38-17-21)43-14-11-20(36)12-15-43/h3-10,13,16-18,20,42H,11-12,14-15,36H2,1-2H3,(H,37,39,40). The minimum Gasteiger partial charge on any atom is -0.357 e. The van der Waals surface area contributed by atoms with Gasteiger partial charge in [0.25, 0.3) is 10.0 Å². The highest BCUT2D eigenvalue weighted by Crippen LogP contribution is 2.40. The van der Waals surface area contributed by atoms with Crippen LogP contribution in [0.25, 0.3) is 21.8 Å². The molecule has 0 unspecified atom stereocenters. The highest BCUT2D eigenvalue weighted by atomic mass is 32.2. The Morgan fingerprint density at radius 3 is 2.38 bits per heavy atom. The third-order valence-electron chi connectivity index (χ3n) is 7.57. The average molecular weight is 681 g/mol. The zero-order valence-electron chi connectivity index (χ0n) is 25.4. The summed E-state index contributed by atoms with van der Waals surface area (Å²) in [5.74, 6) is -2.32. The molecule has 5 aromatic rings. The van der Waals surface area contributed by atoms with E-state index >= 15 is 0 Å². The number of sulfonamides is 1. The summed E-state index contributed by atoms with van der Waals surface area (Å²) in [7, 11) is -4.81. The van der Waals surface area contributed by atoms with Gasteiger partial charge in [-0.15, -0.1) is 11.3 Å². The van der Waals surface area contributed by atoms with Gasteiger partial charge in [-0.3, -0.25) is 4.72 Å². The van der Waals surface area contributed by atoms with Crippen LogP contribution in [0.15, 0.2) is 71.9 Å². The van der Waals surface area contributed by atoms with E-state index in [4.69, 9.17) is 15.7 Å². The second-order valence-corrected chi connectivity index (χ2v) is 14.0. The average Bonchev–Trinajstić information content (AvgIpc) is 3.49. The van der Waals surface area contributed by atoms with E-state index < -0.39 is 38.1 Å². The fourth-order valence-electron chi connectivity index (χ4n) is 5.09. The van der Waals surface area contributed by atoms with Crippen LogP contribution < -0.4 is 20.7 Å². The van der Waals surface area contributed by atoms with E-state index in [1.807, 2.05) is 30.7 Å². The van der Waals surface area contributed by atoms with Gasteiger partial charge in [-0.25, -0.2) is 41.5 Å². The van der Waals surface area contributed by atoms with Gasteiger partial charge in [-0.2, -0.15) is 0 Å². The van der Waals surface area contributed by atoms with Crippen molar-refractivity contribution in [3.8, 4) is 21.8 Å². The van der Waals surface area contributed by atoms with Crippen molar-refractivity contribution in [2.24, 2.45) is 5.73 Å². The van der Waals surface area contributed by atoms with Gasteiger partial charge in [0.15, 0.2) is 4.90 Å². The lowest BCUT2D eigenvalue weighted by Crippen LogP contribution is -2.40. The van der Waals surface area contributed by atoms with Gasteiger partial charge in [0.1, 0.15) is 23.3 Å². The molecule has 4 N–H and O–H groups in total. The Kier molecular flexibility index (Phi) is 9.12. The molecule has 0 spiro atoms. The first-order valence-corrected chi connectivity index (χ1v) is 17.1. The van der Waals surface area contributed by atoms with Crippen molar-refractivity contribution in [1.82, 2.24) is 19.9 Å². The molecule has 15 heteroatoms. The summed E-state index contributed by atoms with van der Waals surface area (Å²) in [6.45, 7) is 5.66. The number of piperidine rings is 1. The Morgan fingerprint density at radius 1 is 0.957 bits per heavy atom. The smallest absolute Gasteiger partial charge is 0.267 e. The molecule has 6 rings (SSSR count). The molecular weight excluding hydrogens is 650 g/mol. The van der Waals surface area contributed by atoms with Crippen LogP contribution >= 0.6 is 11.3 Å². The summed E-state index contributed by atoms with van der Waals surface area (Å²) in [5.41, 5.74) is 7.53. The molecule has 1 fully saturated rings. The first kappa shape index (κ1) is 32.3. The van der Waals surface area contributed by atoms with Gasteiger partial charge in [0, 0.05) is 36.8 Å². The van der Waals surface area contributed by atoms with Gasteiger partial charge in [-0.05, 0) is 61.4 Å². The number of aromatic nitrogens is 4. The van der Waals surface area contributed by atoms with Crippen molar-refractivity contribution in [2.45, 2.75) is 43.5 Å². The van der Waals surface area contributed by atoms with Gasteiger partial charge < -0.3 is 16.0 Å². The fraction of sp³-hybridized carbons (Fsp3) is 0.250. The monoisotopic (exact) mass is 680 g/mol. The number of nitrogens with zero attached hydrogens (tertiary/aromatic N) is 5. The first-order valence-electron chi connectivity index (χ1n) is 14.8. The Morgan fingerprint density at radius 2 is 1.70 bits per heavy atom. The summed E-state index contributed by atoms with van der Waals surface area (Å²) < 4.78 is 71.3. The Labute approximate surface area is 274 Å². The van der Waals surface area contributed by atoms with E-state index in [2.05, 4.69) is 20.2 Å². The van der Waals surface area contributed by atoms with Crippen LogP contribution in [0.1, 0.15) is 37.6 Å². The van der Waals surface area contributed by atoms with Crippen molar-refractivity contribution in [3.63, 3.8) is 0 Å². The predicted octanol–water partition coefficient (Wildman–Crippen LogP) is 6.67. The molecule has 2 aromatic carbocycles. The maximum atomic E-state index is 14.9. The molecular formula is C32H31F3N8O2S2. The second-order valence-electron chi connectivity index (χ2n) is 11.4. The maximum absolute atomic E-state index is 14.9. The Balaban J connectivity index is 1.29.